The summed E-state index contributed by atoms with van der Waals surface area (Å²) in [7, 11) is 2.94. The molecule has 3 atom stereocenters. The number of aliphatic hydroxyl groups is 1. The minimum Gasteiger partial charge on any atom is -0.512 e. The first-order valence-electron chi connectivity index (χ1n) is 9.19. The van der Waals surface area contributed by atoms with Crippen molar-refractivity contribution in [3.05, 3.63) is 34.6 Å². The molecular weight excluding hydrogens is 348 g/mol. The van der Waals surface area contributed by atoms with E-state index in [1.54, 1.807) is 21.0 Å². The van der Waals surface area contributed by atoms with Crippen LogP contribution in [0.25, 0.3) is 5.57 Å². The predicted octanol–water partition coefficient (Wildman–Crippen LogP) is 3.82. The van der Waals surface area contributed by atoms with Crippen molar-refractivity contribution in [1.82, 2.24) is 0 Å². The second-order valence-electron chi connectivity index (χ2n) is 8.31. The highest BCUT2D eigenvalue weighted by Gasteiger charge is 2.73. The summed E-state index contributed by atoms with van der Waals surface area (Å²) in [6.45, 7) is 7.51. The first-order valence-corrected chi connectivity index (χ1v) is 9.19. The van der Waals surface area contributed by atoms with Crippen molar-refractivity contribution in [2.75, 3.05) is 14.2 Å². The zero-order valence-corrected chi connectivity index (χ0v) is 16.6. The largest absolute Gasteiger partial charge is 0.512 e. The van der Waals surface area contributed by atoms with Crippen LogP contribution in [0.4, 0.5) is 0 Å². The summed E-state index contributed by atoms with van der Waals surface area (Å²) in [5.41, 5.74) is 1.12. The van der Waals surface area contributed by atoms with Gasteiger partial charge in [-0.3, -0.25) is 0 Å². The third kappa shape index (κ3) is 2.11. The van der Waals surface area contributed by atoms with E-state index in [1.807, 2.05) is 26.0 Å². The second-order valence-corrected chi connectivity index (χ2v) is 8.31. The molecule has 1 fully saturated rings. The molecule has 1 heterocycles. The van der Waals surface area contributed by atoms with E-state index in [2.05, 4.69) is 0 Å². The Bertz CT molecular complexity index is 870. The van der Waals surface area contributed by atoms with Crippen molar-refractivity contribution in [3.8, 4) is 5.75 Å². The number of methoxy groups -OCH3 is 2. The molecule has 0 amide bonds. The second kappa shape index (κ2) is 5.49. The van der Waals surface area contributed by atoms with Crippen LogP contribution in [-0.4, -0.2) is 36.7 Å². The van der Waals surface area contributed by atoms with E-state index in [0.717, 1.165) is 22.3 Å². The smallest absolute Gasteiger partial charge is 0.342 e. The SMILES string of the molecule is COC(=O)[C@]12OC(C)(C)O[C@H]1c1c(OC)cc(C)cc1C1=C(O)CC[C@]12C. The van der Waals surface area contributed by atoms with E-state index in [0.29, 0.717) is 18.6 Å². The molecule has 2 aliphatic carbocycles. The molecule has 6 nitrogen and oxygen atoms in total. The molecule has 0 saturated carbocycles. The van der Waals surface area contributed by atoms with Crippen molar-refractivity contribution >= 4 is 11.5 Å². The fourth-order valence-corrected chi connectivity index (χ4v) is 5.19. The molecule has 1 aromatic rings. The fourth-order valence-electron chi connectivity index (χ4n) is 5.19. The van der Waals surface area contributed by atoms with Gasteiger partial charge in [-0.2, -0.15) is 0 Å². The molecule has 146 valence electrons. The van der Waals surface area contributed by atoms with Gasteiger partial charge in [-0.15, -0.1) is 0 Å². The molecule has 0 bridgehead atoms. The van der Waals surface area contributed by atoms with Gasteiger partial charge in [0, 0.05) is 23.0 Å². The van der Waals surface area contributed by atoms with Gasteiger partial charge in [-0.05, 0) is 44.4 Å². The Morgan fingerprint density at radius 3 is 2.59 bits per heavy atom. The van der Waals surface area contributed by atoms with Crippen molar-refractivity contribution < 1.29 is 28.8 Å². The first kappa shape index (κ1) is 18.3. The van der Waals surface area contributed by atoms with Gasteiger partial charge < -0.3 is 24.1 Å². The summed E-state index contributed by atoms with van der Waals surface area (Å²) in [6, 6.07) is 3.92. The van der Waals surface area contributed by atoms with Gasteiger partial charge in [-0.25, -0.2) is 4.79 Å². The molecule has 27 heavy (non-hydrogen) atoms. The first-order chi connectivity index (χ1) is 12.6. The molecule has 1 aromatic carbocycles. The number of aryl methyl sites for hydroxylation is 1. The number of carbonyl (C=O) groups excluding carboxylic acids is 1. The Morgan fingerprint density at radius 1 is 1.26 bits per heavy atom. The van der Waals surface area contributed by atoms with Crippen molar-refractivity contribution in [3.63, 3.8) is 0 Å². The zero-order chi connectivity index (χ0) is 19.8. The molecule has 0 spiro atoms. The summed E-state index contributed by atoms with van der Waals surface area (Å²) in [5.74, 6) is -0.607. The van der Waals surface area contributed by atoms with E-state index in [-0.39, 0.29) is 5.76 Å². The van der Waals surface area contributed by atoms with Gasteiger partial charge in [0.05, 0.1) is 20.0 Å². The Labute approximate surface area is 159 Å². The Morgan fingerprint density at radius 2 is 1.96 bits per heavy atom. The monoisotopic (exact) mass is 374 g/mol. The van der Waals surface area contributed by atoms with Crippen LogP contribution in [-0.2, 0) is 19.0 Å². The van der Waals surface area contributed by atoms with E-state index in [4.69, 9.17) is 18.9 Å². The topological polar surface area (TPSA) is 74.2 Å². The van der Waals surface area contributed by atoms with Crippen LogP contribution >= 0.6 is 0 Å². The maximum atomic E-state index is 13.2. The molecule has 1 aliphatic heterocycles. The molecule has 1 saturated heterocycles. The molecule has 4 rings (SSSR count). The average molecular weight is 374 g/mol. The molecule has 6 heteroatoms. The lowest BCUT2D eigenvalue weighted by molar-refractivity contribution is -0.203. The van der Waals surface area contributed by atoms with Gasteiger partial charge in [0.1, 0.15) is 11.9 Å². The van der Waals surface area contributed by atoms with Crippen molar-refractivity contribution in [1.29, 1.82) is 0 Å². The number of ether oxygens (including phenoxy) is 4. The van der Waals surface area contributed by atoms with Crippen molar-refractivity contribution in [2.24, 2.45) is 5.41 Å². The number of esters is 1. The molecule has 0 radical (unpaired) electrons. The summed E-state index contributed by atoms with van der Waals surface area (Å²) in [5, 5.41) is 10.8. The number of fused-ring (bicyclic) bond motifs is 6. The molecule has 0 aromatic heterocycles. The quantitative estimate of drug-likeness (QED) is 0.793. The fraction of sp³-hybridized carbons (Fsp3) is 0.571. The molecular formula is C21H26O6. The maximum Gasteiger partial charge on any atom is 0.342 e. The number of aliphatic hydroxyl groups excluding tert-OH is 1. The number of rotatable bonds is 2. The van der Waals surface area contributed by atoms with E-state index < -0.39 is 28.9 Å². The Hall–Kier alpha value is -2.05. The van der Waals surface area contributed by atoms with Crippen LogP contribution in [0, 0.1) is 12.3 Å². The predicted molar refractivity (Wildman–Crippen MR) is 98.4 cm³/mol. The number of hydrogen-bond acceptors (Lipinski definition) is 6. The van der Waals surface area contributed by atoms with E-state index in [1.165, 1.54) is 7.11 Å². The number of carbonyl (C=O) groups is 1. The lowest BCUT2D eigenvalue weighted by Crippen LogP contribution is -2.59. The van der Waals surface area contributed by atoms with Crippen LogP contribution in [0.15, 0.2) is 17.9 Å². The van der Waals surface area contributed by atoms with Crippen molar-refractivity contribution in [2.45, 2.75) is 58.0 Å². The Kier molecular flexibility index (Phi) is 3.72. The molecule has 1 N–H and O–H groups in total. The van der Waals surface area contributed by atoms with Crippen LogP contribution < -0.4 is 4.74 Å². The number of allylic oxidation sites excluding steroid dienone is 1. The van der Waals surface area contributed by atoms with Gasteiger partial charge in [0.25, 0.3) is 0 Å². The minimum absolute atomic E-state index is 0.279. The summed E-state index contributed by atoms with van der Waals surface area (Å²) >= 11 is 0. The summed E-state index contributed by atoms with van der Waals surface area (Å²) in [6.07, 6.45) is 0.330. The zero-order valence-electron chi connectivity index (χ0n) is 16.6. The summed E-state index contributed by atoms with van der Waals surface area (Å²) < 4.78 is 23.5. The highest BCUT2D eigenvalue weighted by Crippen LogP contribution is 2.69. The molecule has 3 aliphatic rings. The third-order valence-corrected chi connectivity index (χ3v) is 6.23. The standard InChI is InChI=1S/C21H26O6/c1-11-9-12-15(14(10-11)24-5)17-21(18(23)25-6,27-19(2,3)26-17)20(4)8-7-13(22)16(12)20/h9-10,17,22H,7-8H2,1-6H3/t17-,20+,21+/m0/s1. The van der Waals surface area contributed by atoms with Crippen LogP contribution in [0.2, 0.25) is 0 Å². The van der Waals surface area contributed by atoms with E-state index in [9.17, 15) is 9.90 Å². The number of hydrogen-bond donors (Lipinski definition) is 1. The third-order valence-electron chi connectivity index (χ3n) is 6.23. The molecule has 0 unspecified atom stereocenters. The summed E-state index contributed by atoms with van der Waals surface area (Å²) in [4.78, 5) is 13.2. The Balaban J connectivity index is 2.14. The highest BCUT2D eigenvalue weighted by atomic mass is 16.8. The van der Waals surface area contributed by atoms with Crippen LogP contribution in [0.1, 0.15) is 56.4 Å². The average Bonchev–Trinajstić information content (AvgIpc) is 3.08. The van der Waals surface area contributed by atoms with Gasteiger partial charge in [-0.1, -0.05) is 13.0 Å². The number of benzene rings is 1. The lowest BCUT2D eigenvalue weighted by atomic mass is 9.58. The highest BCUT2D eigenvalue weighted by molar-refractivity contribution is 5.93. The maximum absolute atomic E-state index is 13.2. The van der Waals surface area contributed by atoms with Crippen LogP contribution in [0.3, 0.4) is 0 Å². The minimum atomic E-state index is -1.40. The van der Waals surface area contributed by atoms with Gasteiger partial charge >= 0.3 is 5.97 Å². The lowest BCUT2D eigenvalue weighted by Gasteiger charge is -2.49. The van der Waals surface area contributed by atoms with Gasteiger partial charge in [0.15, 0.2) is 5.79 Å². The van der Waals surface area contributed by atoms with Crippen LogP contribution in [0.5, 0.6) is 5.75 Å². The van der Waals surface area contributed by atoms with Gasteiger partial charge in [0.2, 0.25) is 5.60 Å². The normalized spacial score (nSPS) is 33.3. The van der Waals surface area contributed by atoms with E-state index >= 15 is 0 Å².